The van der Waals surface area contributed by atoms with E-state index in [0.29, 0.717) is 6.42 Å². The number of pyridine rings is 1. The Kier molecular flexibility index (Phi) is 6.56. The summed E-state index contributed by atoms with van der Waals surface area (Å²) in [6.07, 6.45) is -1.13. The largest absolute Gasteiger partial charge is 0.530 e. The highest BCUT2D eigenvalue weighted by Gasteiger charge is 2.23. The van der Waals surface area contributed by atoms with E-state index in [-0.39, 0.29) is 29.5 Å². The van der Waals surface area contributed by atoms with E-state index in [4.69, 9.17) is 10.9 Å². The number of amides is 1. The molecular formula is C16H19N6O6S-. The number of hydrogen-bond donors (Lipinski definition) is 3. The van der Waals surface area contributed by atoms with Gasteiger partial charge in [-0.15, -0.1) is 0 Å². The summed E-state index contributed by atoms with van der Waals surface area (Å²) in [5, 5.41) is 30.4. The van der Waals surface area contributed by atoms with E-state index in [2.05, 4.69) is 10.3 Å². The van der Waals surface area contributed by atoms with Gasteiger partial charge in [0.2, 0.25) is 15.8 Å². The lowest BCUT2D eigenvalue weighted by molar-refractivity contribution is -0.383. The van der Waals surface area contributed by atoms with Crippen LogP contribution in [0.1, 0.15) is 12.5 Å². The number of carbonyl (C=O) groups excluding carboxylic acids is 1. The third-order valence-corrected chi connectivity index (χ3v) is 4.91. The molecule has 0 atom stereocenters. The molecule has 0 saturated heterocycles. The van der Waals surface area contributed by atoms with Crippen molar-refractivity contribution < 1.29 is 23.2 Å². The van der Waals surface area contributed by atoms with Crippen LogP contribution in [0.25, 0.3) is 0 Å². The van der Waals surface area contributed by atoms with E-state index in [1.165, 1.54) is 18.2 Å². The van der Waals surface area contributed by atoms with E-state index in [1.54, 1.807) is 19.1 Å². The minimum atomic E-state index is -3.79. The highest BCUT2D eigenvalue weighted by Crippen LogP contribution is 2.33. The molecule has 0 aliphatic rings. The summed E-state index contributed by atoms with van der Waals surface area (Å²) >= 11 is 0. The Balaban J connectivity index is 2.23. The lowest BCUT2D eigenvalue weighted by Gasteiger charge is -2.23. The van der Waals surface area contributed by atoms with Gasteiger partial charge in [0.1, 0.15) is 17.6 Å². The molecule has 12 nitrogen and oxygen atoms in total. The normalized spacial score (nSPS) is 11.1. The molecule has 5 N–H and O–H groups in total. The Morgan fingerprint density at radius 1 is 1.31 bits per heavy atom. The summed E-state index contributed by atoms with van der Waals surface area (Å²) in [6.45, 7) is 1.78. The first-order valence-electron chi connectivity index (χ1n) is 8.33. The van der Waals surface area contributed by atoms with Gasteiger partial charge in [-0.3, -0.25) is 10.1 Å². The molecule has 0 aliphatic heterocycles. The maximum atomic E-state index is 11.3. The second kappa shape index (κ2) is 8.70. The van der Waals surface area contributed by atoms with Crippen LogP contribution >= 0.6 is 0 Å². The molecule has 0 saturated carbocycles. The molecule has 13 heteroatoms. The van der Waals surface area contributed by atoms with Gasteiger partial charge >= 0.3 is 5.69 Å². The van der Waals surface area contributed by atoms with Crippen LogP contribution in [-0.4, -0.2) is 37.5 Å². The van der Waals surface area contributed by atoms with Crippen molar-refractivity contribution in [2.75, 3.05) is 29.0 Å². The summed E-state index contributed by atoms with van der Waals surface area (Å²) in [5.74, 6) is -0.539. The predicted octanol–water partition coefficient (Wildman–Crippen LogP) is 0.0436. The number of nitrogen functional groups attached to an aromatic ring is 1. The zero-order valence-electron chi connectivity index (χ0n) is 15.4. The molecule has 1 aromatic carbocycles. The monoisotopic (exact) mass is 423 g/mol. The average molecular weight is 423 g/mol. The van der Waals surface area contributed by atoms with Crippen LogP contribution in [0.3, 0.4) is 0 Å². The fourth-order valence-electron chi connectivity index (χ4n) is 2.58. The number of nitrogens with zero attached hydrogens (tertiary/aromatic N) is 3. The van der Waals surface area contributed by atoms with Crippen molar-refractivity contribution >= 4 is 39.1 Å². The number of rotatable bonds is 8. The van der Waals surface area contributed by atoms with Gasteiger partial charge in [-0.25, -0.2) is 18.5 Å². The molecule has 0 aliphatic carbocycles. The Hall–Kier alpha value is -3.45. The standard InChI is InChI=1S/C16H20N6O6S/c1-2-21(16(23)24)13-9-12(14(22(25)26)15(17)20-13)19-8-7-10-3-5-11(6-4-10)29(18,27)28/h3-6,9H,2,7-8H2,1H3,(H,23,24)(H3,17,19,20)(H2,18,27,28)/p-1. The highest BCUT2D eigenvalue weighted by atomic mass is 32.2. The maximum absolute atomic E-state index is 11.3. The van der Waals surface area contributed by atoms with Crippen LogP contribution < -0.4 is 26.2 Å². The van der Waals surface area contributed by atoms with Crippen LogP contribution in [0.5, 0.6) is 0 Å². The fourth-order valence-corrected chi connectivity index (χ4v) is 3.10. The molecule has 1 amide bonds. The van der Waals surface area contributed by atoms with Gasteiger partial charge < -0.3 is 25.9 Å². The van der Waals surface area contributed by atoms with E-state index in [1.807, 2.05) is 0 Å². The molecule has 2 aromatic rings. The molecule has 2 rings (SSSR count). The summed E-state index contributed by atoms with van der Waals surface area (Å²) in [6, 6.07) is 7.05. The maximum Gasteiger partial charge on any atom is 0.334 e. The number of primary sulfonamides is 1. The number of sulfonamides is 1. The molecular weight excluding hydrogens is 404 g/mol. The van der Waals surface area contributed by atoms with Crippen LogP contribution in [0.2, 0.25) is 0 Å². The average Bonchev–Trinajstić information content (AvgIpc) is 2.61. The number of aromatic nitrogens is 1. The van der Waals surface area contributed by atoms with Crippen molar-refractivity contribution in [2.45, 2.75) is 18.2 Å². The van der Waals surface area contributed by atoms with Gasteiger partial charge in [0.15, 0.2) is 0 Å². The first-order valence-corrected chi connectivity index (χ1v) is 9.88. The number of benzene rings is 1. The van der Waals surface area contributed by atoms with Gasteiger partial charge in [0.05, 0.1) is 9.82 Å². The summed E-state index contributed by atoms with van der Waals surface area (Å²) in [5.41, 5.74) is 5.92. The van der Waals surface area contributed by atoms with Crippen molar-refractivity contribution in [1.82, 2.24) is 4.98 Å². The zero-order chi connectivity index (χ0) is 21.8. The van der Waals surface area contributed by atoms with E-state index < -0.39 is 32.5 Å². The van der Waals surface area contributed by atoms with Crippen LogP contribution in [0.4, 0.5) is 27.8 Å². The van der Waals surface area contributed by atoms with Crippen LogP contribution in [0.15, 0.2) is 35.2 Å². The Bertz CT molecular complexity index is 1020. The van der Waals surface area contributed by atoms with E-state index in [0.717, 1.165) is 10.5 Å². The fraction of sp³-hybridized carbons (Fsp3) is 0.250. The molecule has 0 fully saturated rings. The summed E-state index contributed by atoms with van der Waals surface area (Å²) < 4.78 is 22.5. The molecule has 0 bridgehead atoms. The van der Waals surface area contributed by atoms with Crippen molar-refractivity contribution in [3.8, 4) is 0 Å². The van der Waals surface area contributed by atoms with Gasteiger partial charge in [-0.2, -0.15) is 0 Å². The van der Waals surface area contributed by atoms with Crippen molar-refractivity contribution in [3.05, 3.63) is 46.0 Å². The van der Waals surface area contributed by atoms with Crippen LogP contribution in [0, 0.1) is 10.1 Å². The van der Waals surface area contributed by atoms with E-state index >= 15 is 0 Å². The number of anilines is 3. The third-order valence-electron chi connectivity index (χ3n) is 3.98. The number of nitrogens with two attached hydrogens (primary N) is 2. The molecule has 0 radical (unpaired) electrons. The Labute approximate surface area is 166 Å². The number of carboxylic acid groups (broad SMARTS) is 1. The lowest BCUT2D eigenvalue weighted by atomic mass is 10.1. The first-order chi connectivity index (χ1) is 13.5. The second-order valence-electron chi connectivity index (χ2n) is 5.89. The quantitative estimate of drug-likeness (QED) is 0.387. The van der Waals surface area contributed by atoms with Gasteiger partial charge in [0.25, 0.3) is 0 Å². The smallest absolute Gasteiger partial charge is 0.334 e. The Morgan fingerprint density at radius 2 is 1.93 bits per heavy atom. The molecule has 1 aromatic heterocycles. The minimum Gasteiger partial charge on any atom is -0.530 e. The van der Waals surface area contributed by atoms with Gasteiger partial charge in [-0.1, -0.05) is 12.1 Å². The minimum absolute atomic E-state index is 0.00152. The molecule has 156 valence electrons. The third kappa shape index (κ3) is 5.30. The number of nitrogens with one attached hydrogen (secondary N) is 1. The number of hydrogen-bond acceptors (Lipinski definition) is 9. The number of carbonyl (C=O) groups is 1. The zero-order valence-corrected chi connectivity index (χ0v) is 16.2. The molecule has 0 unspecified atom stereocenters. The second-order valence-corrected chi connectivity index (χ2v) is 7.46. The summed E-state index contributed by atoms with van der Waals surface area (Å²) in [7, 11) is -3.79. The van der Waals surface area contributed by atoms with Gasteiger partial charge in [0, 0.05) is 19.2 Å². The molecule has 29 heavy (non-hydrogen) atoms. The van der Waals surface area contributed by atoms with Crippen molar-refractivity contribution in [1.29, 1.82) is 0 Å². The molecule has 1 heterocycles. The SMILES string of the molecule is CCN(C(=O)[O-])c1cc(NCCc2ccc(S(N)(=O)=O)cc2)c([N+](=O)[O-])c(N)n1. The Morgan fingerprint density at radius 3 is 2.41 bits per heavy atom. The predicted molar refractivity (Wildman–Crippen MR) is 104 cm³/mol. The summed E-state index contributed by atoms with van der Waals surface area (Å²) in [4.78, 5) is 26.3. The van der Waals surface area contributed by atoms with Crippen molar-refractivity contribution in [2.24, 2.45) is 5.14 Å². The van der Waals surface area contributed by atoms with Crippen molar-refractivity contribution in [3.63, 3.8) is 0 Å². The topological polar surface area (TPSA) is 198 Å². The van der Waals surface area contributed by atoms with Crippen LogP contribution in [-0.2, 0) is 16.4 Å². The lowest BCUT2D eigenvalue weighted by Crippen LogP contribution is -2.41. The van der Waals surface area contributed by atoms with E-state index in [9.17, 15) is 28.4 Å². The highest BCUT2D eigenvalue weighted by molar-refractivity contribution is 7.89. The number of nitro groups is 1. The van der Waals surface area contributed by atoms with Gasteiger partial charge in [-0.05, 0) is 31.0 Å². The molecule has 0 spiro atoms. The first kappa shape index (κ1) is 21.8.